The number of aromatic nitrogens is 1. The second kappa shape index (κ2) is 5.19. The molecule has 2 aromatic rings. The van der Waals surface area contributed by atoms with Crippen LogP contribution in [-0.4, -0.2) is 12.1 Å². The fourth-order valence-electron chi connectivity index (χ4n) is 1.79. The Labute approximate surface area is 104 Å². The summed E-state index contributed by atoms with van der Waals surface area (Å²) in [6, 6.07) is 11.2. The molecule has 1 aromatic heterocycles. The number of methoxy groups -OCH3 is 1. The van der Waals surface area contributed by atoms with Gasteiger partial charge in [-0.2, -0.15) is 5.26 Å². The van der Waals surface area contributed by atoms with Gasteiger partial charge in [0.05, 0.1) is 18.7 Å². The van der Waals surface area contributed by atoms with Gasteiger partial charge in [-0.05, 0) is 23.8 Å². The molecule has 0 radical (unpaired) electrons. The Balaban J connectivity index is 2.31. The van der Waals surface area contributed by atoms with E-state index in [0.29, 0.717) is 17.7 Å². The Hall–Kier alpha value is -2.54. The highest BCUT2D eigenvalue weighted by atomic mass is 16.5. The van der Waals surface area contributed by atoms with Gasteiger partial charge in [0.2, 0.25) is 0 Å². The lowest BCUT2D eigenvalue weighted by molar-refractivity contribution is 0.404. The van der Waals surface area contributed by atoms with Crippen LogP contribution < -0.4 is 10.3 Å². The molecular weight excluding hydrogens is 228 g/mol. The fourth-order valence-corrected chi connectivity index (χ4v) is 1.79. The molecular formula is C14H12N2O2. The molecule has 1 aromatic carbocycles. The van der Waals surface area contributed by atoms with E-state index in [0.717, 1.165) is 11.1 Å². The highest BCUT2D eigenvalue weighted by Gasteiger charge is 2.07. The number of nitriles is 1. The summed E-state index contributed by atoms with van der Waals surface area (Å²) < 4.78 is 5.10. The van der Waals surface area contributed by atoms with Gasteiger partial charge in [0.1, 0.15) is 0 Å². The number of aromatic amines is 1. The maximum absolute atomic E-state index is 11.5. The maximum atomic E-state index is 11.5. The largest absolute Gasteiger partial charge is 0.491 e. The number of ether oxygens (including phenoxy) is 1. The monoisotopic (exact) mass is 240 g/mol. The minimum atomic E-state index is -0.233. The van der Waals surface area contributed by atoms with Crippen molar-refractivity contribution >= 4 is 0 Å². The predicted octanol–water partition coefficient (Wildman–Crippen LogP) is 1.85. The molecule has 0 saturated heterocycles. The molecule has 0 spiro atoms. The summed E-state index contributed by atoms with van der Waals surface area (Å²) >= 11 is 0. The van der Waals surface area contributed by atoms with Gasteiger partial charge in [0.25, 0.3) is 5.56 Å². The minimum absolute atomic E-state index is 0.233. The van der Waals surface area contributed by atoms with Crippen molar-refractivity contribution in [3.63, 3.8) is 0 Å². The Kier molecular flexibility index (Phi) is 3.44. The number of benzene rings is 1. The molecule has 0 fully saturated rings. The van der Waals surface area contributed by atoms with Crippen molar-refractivity contribution in [2.45, 2.75) is 6.42 Å². The van der Waals surface area contributed by atoms with Crippen molar-refractivity contribution in [1.29, 1.82) is 5.26 Å². The summed E-state index contributed by atoms with van der Waals surface area (Å²) in [5.41, 5.74) is 2.24. The van der Waals surface area contributed by atoms with Crippen LogP contribution in [0, 0.1) is 11.3 Å². The third-order valence-electron chi connectivity index (χ3n) is 2.68. The summed E-state index contributed by atoms with van der Waals surface area (Å²) in [6.07, 6.45) is 2.20. The van der Waals surface area contributed by atoms with Crippen LogP contribution in [0.3, 0.4) is 0 Å². The zero-order valence-corrected chi connectivity index (χ0v) is 9.93. The molecule has 0 atom stereocenters. The van der Waals surface area contributed by atoms with Crippen molar-refractivity contribution in [2.75, 3.05) is 7.11 Å². The lowest BCUT2D eigenvalue weighted by Gasteiger charge is -2.07. The van der Waals surface area contributed by atoms with Gasteiger partial charge in [-0.3, -0.25) is 4.79 Å². The van der Waals surface area contributed by atoms with Crippen molar-refractivity contribution in [1.82, 2.24) is 4.98 Å². The van der Waals surface area contributed by atoms with E-state index in [-0.39, 0.29) is 5.56 Å². The highest BCUT2D eigenvalue weighted by molar-refractivity contribution is 5.37. The van der Waals surface area contributed by atoms with Crippen LogP contribution in [-0.2, 0) is 6.42 Å². The number of H-pyrrole nitrogens is 1. The molecule has 1 N–H and O–H groups in total. The molecule has 4 nitrogen and oxygen atoms in total. The summed E-state index contributed by atoms with van der Waals surface area (Å²) in [7, 11) is 1.48. The third kappa shape index (κ3) is 2.41. The summed E-state index contributed by atoms with van der Waals surface area (Å²) in [6.45, 7) is 0. The molecule has 1 heterocycles. The van der Waals surface area contributed by atoms with Crippen molar-refractivity contribution in [3.05, 3.63) is 63.6 Å². The van der Waals surface area contributed by atoms with Crippen molar-refractivity contribution in [2.24, 2.45) is 0 Å². The van der Waals surface area contributed by atoms with E-state index in [9.17, 15) is 4.79 Å². The normalized spacial score (nSPS) is 9.78. The van der Waals surface area contributed by atoms with E-state index in [1.54, 1.807) is 18.3 Å². The zero-order valence-electron chi connectivity index (χ0n) is 9.93. The first-order valence-corrected chi connectivity index (χ1v) is 5.48. The first-order chi connectivity index (χ1) is 8.74. The molecule has 90 valence electrons. The lowest BCUT2D eigenvalue weighted by Crippen LogP contribution is -2.11. The van der Waals surface area contributed by atoms with Gasteiger partial charge in [-0.1, -0.05) is 12.1 Å². The molecule has 0 unspecified atom stereocenters. The van der Waals surface area contributed by atoms with E-state index in [1.807, 2.05) is 18.2 Å². The Morgan fingerprint density at radius 1 is 1.28 bits per heavy atom. The molecule has 2 rings (SSSR count). The predicted molar refractivity (Wildman–Crippen MR) is 67.6 cm³/mol. The first kappa shape index (κ1) is 11.9. The molecule has 4 heteroatoms. The highest BCUT2D eigenvalue weighted by Crippen LogP contribution is 2.16. The number of rotatable bonds is 3. The SMILES string of the molecule is COc1c(Cc2ccc(C#N)cc2)cc[nH]c1=O. The van der Waals surface area contributed by atoms with Crippen LogP contribution in [0.5, 0.6) is 5.75 Å². The maximum Gasteiger partial charge on any atom is 0.290 e. The van der Waals surface area contributed by atoms with Crippen LogP contribution in [0.15, 0.2) is 41.3 Å². The van der Waals surface area contributed by atoms with Crippen LogP contribution in [0.4, 0.5) is 0 Å². The molecule has 0 aliphatic heterocycles. The first-order valence-electron chi connectivity index (χ1n) is 5.48. The number of nitrogens with zero attached hydrogens (tertiary/aromatic N) is 1. The average Bonchev–Trinajstić information content (AvgIpc) is 2.40. The summed E-state index contributed by atoms with van der Waals surface area (Å²) in [4.78, 5) is 14.1. The molecule has 0 saturated carbocycles. The average molecular weight is 240 g/mol. The van der Waals surface area contributed by atoms with E-state index >= 15 is 0 Å². The van der Waals surface area contributed by atoms with E-state index < -0.39 is 0 Å². The Bertz CT molecular complexity index is 636. The van der Waals surface area contributed by atoms with E-state index in [1.165, 1.54) is 7.11 Å². The Morgan fingerprint density at radius 2 is 2.00 bits per heavy atom. The van der Waals surface area contributed by atoms with Crippen molar-refractivity contribution in [3.8, 4) is 11.8 Å². The molecule has 18 heavy (non-hydrogen) atoms. The molecule has 0 bridgehead atoms. The second-order valence-corrected chi connectivity index (χ2v) is 3.85. The van der Waals surface area contributed by atoms with Gasteiger partial charge >= 0.3 is 0 Å². The van der Waals surface area contributed by atoms with Crippen LogP contribution in [0.1, 0.15) is 16.7 Å². The second-order valence-electron chi connectivity index (χ2n) is 3.85. The van der Waals surface area contributed by atoms with Gasteiger partial charge in [-0.25, -0.2) is 0 Å². The number of hydrogen-bond donors (Lipinski definition) is 1. The number of pyridine rings is 1. The fraction of sp³-hybridized carbons (Fsp3) is 0.143. The minimum Gasteiger partial charge on any atom is -0.491 e. The van der Waals surface area contributed by atoms with Crippen molar-refractivity contribution < 1.29 is 4.74 Å². The smallest absolute Gasteiger partial charge is 0.290 e. The van der Waals surface area contributed by atoms with Gasteiger partial charge in [0, 0.05) is 18.2 Å². The number of hydrogen-bond acceptors (Lipinski definition) is 3. The van der Waals surface area contributed by atoms with Crippen LogP contribution in [0.2, 0.25) is 0 Å². The number of nitrogens with one attached hydrogen (secondary N) is 1. The summed E-state index contributed by atoms with van der Waals surface area (Å²) in [5.74, 6) is 0.335. The standard InChI is InChI=1S/C14H12N2O2/c1-18-13-12(6-7-16-14(13)17)8-10-2-4-11(9-15)5-3-10/h2-7H,8H2,1H3,(H,16,17). The van der Waals surface area contributed by atoms with Gasteiger partial charge in [0.15, 0.2) is 5.75 Å². The van der Waals surface area contributed by atoms with Crippen LogP contribution in [0.25, 0.3) is 0 Å². The lowest BCUT2D eigenvalue weighted by atomic mass is 10.0. The van der Waals surface area contributed by atoms with Gasteiger partial charge in [-0.15, -0.1) is 0 Å². The molecule has 0 aliphatic rings. The van der Waals surface area contributed by atoms with E-state index in [4.69, 9.17) is 10.00 Å². The van der Waals surface area contributed by atoms with E-state index in [2.05, 4.69) is 11.1 Å². The topological polar surface area (TPSA) is 65.9 Å². The molecule has 0 amide bonds. The zero-order chi connectivity index (χ0) is 13.0. The Morgan fingerprint density at radius 3 is 2.61 bits per heavy atom. The summed E-state index contributed by atoms with van der Waals surface area (Å²) in [5, 5.41) is 8.72. The van der Waals surface area contributed by atoms with Gasteiger partial charge < -0.3 is 9.72 Å². The van der Waals surface area contributed by atoms with Crippen LogP contribution >= 0.6 is 0 Å². The molecule has 0 aliphatic carbocycles. The third-order valence-corrected chi connectivity index (χ3v) is 2.68. The quantitative estimate of drug-likeness (QED) is 0.890.